The molecule has 3 aromatic carbocycles. The number of amides is 1. The van der Waals surface area contributed by atoms with Crippen LogP contribution in [-0.4, -0.2) is 20.4 Å². The van der Waals surface area contributed by atoms with Gasteiger partial charge in [0.1, 0.15) is 6.04 Å². The third kappa shape index (κ3) is 6.16. The SMILES string of the molecule is Cc1ccc(S(=O)(=O)NC(Cc2ccccc2)C(=O)NCc2ccc(Cl)cc2)cc1. The number of nitrogens with one attached hydrogen (secondary N) is 2. The van der Waals surface area contributed by atoms with Crippen LogP contribution in [0.2, 0.25) is 5.02 Å². The molecule has 0 fully saturated rings. The Balaban J connectivity index is 1.77. The Morgan fingerprint density at radius 3 is 2.17 bits per heavy atom. The summed E-state index contributed by atoms with van der Waals surface area (Å²) in [4.78, 5) is 13.0. The molecule has 0 aliphatic heterocycles. The van der Waals surface area contributed by atoms with Crippen molar-refractivity contribution in [1.82, 2.24) is 10.0 Å². The quantitative estimate of drug-likeness (QED) is 0.556. The molecule has 1 atom stereocenters. The van der Waals surface area contributed by atoms with Crippen molar-refractivity contribution < 1.29 is 13.2 Å². The van der Waals surface area contributed by atoms with E-state index in [9.17, 15) is 13.2 Å². The van der Waals surface area contributed by atoms with Crippen molar-refractivity contribution in [3.8, 4) is 0 Å². The lowest BCUT2D eigenvalue weighted by molar-refractivity contribution is -0.122. The van der Waals surface area contributed by atoms with Crippen LogP contribution in [0.5, 0.6) is 0 Å². The van der Waals surface area contributed by atoms with Crippen LogP contribution >= 0.6 is 11.6 Å². The molecule has 3 aromatic rings. The van der Waals surface area contributed by atoms with Crippen LogP contribution in [0.4, 0.5) is 0 Å². The maximum atomic E-state index is 12.9. The van der Waals surface area contributed by atoms with Gasteiger partial charge in [0.25, 0.3) is 0 Å². The molecule has 7 heteroatoms. The first kappa shape index (κ1) is 22.0. The fourth-order valence-electron chi connectivity index (χ4n) is 2.93. The molecule has 0 spiro atoms. The van der Waals surface area contributed by atoms with Gasteiger partial charge in [-0.2, -0.15) is 4.72 Å². The van der Waals surface area contributed by atoms with E-state index in [0.29, 0.717) is 5.02 Å². The van der Waals surface area contributed by atoms with Gasteiger partial charge in [-0.25, -0.2) is 8.42 Å². The van der Waals surface area contributed by atoms with E-state index >= 15 is 0 Å². The fourth-order valence-corrected chi connectivity index (χ4v) is 4.25. The minimum absolute atomic E-state index is 0.122. The Labute approximate surface area is 182 Å². The van der Waals surface area contributed by atoms with Crippen LogP contribution in [0.25, 0.3) is 0 Å². The smallest absolute Gasteiger partial charge is 0.241 e. The molecular weight excluding hydrogens is 420 g/mol. The summed E-state index contributed by atoms with van der Waals surface area (Å²) < 4.78 is 28.3. The number of hydrogen-bond acceptors (Lipinski definition) is 3. The molecule has 2 N–H and O–H groups in total. The summed E-state index contributed by atoms with van der Waals surface area (Å²) >= 11 is 5.89. The number of carbonyl (C=O) groups excluding carboxylic acids is 1. The average molecular weight is 443 g/mol. The highest BCUT2D eigenvalue weighted by Gasteiger charge is 2.26. The van der Waals surface area contributed by atoms with Gasteiger partial charge in [0.15, 0.2) is 0 Å². The molecule has 3 rings (SSSR count). The molecule has 1 amide bonds. The molecule has 0 heterocycles. The first-order valence-electron chi connectivity index (χ1n) is 9.48. The lowest BCUT2D eigenvalue weighted by Gasteiger charge is -2.19. The van der Waals surface area contributed by atoms with Crippen LogP contribution in [-0.2, 0) is 27.8 Å². The zero-order valence-corrected chi connectivity index (χ0v) is 18.1. The number of carbonyl (C=O) groups is 1. The van der Waals surface area contributed by atoms with Crippen molar-refractivity contribution in [1.29, 1.82) is 0 Å². The molecule has 0 saturated heterocycles. The number of benzene rings is 3. The Kier molecular flexibility index (Phi) is 7.26. The average Bonchev–Trinajstić information content (AvgIpc) is 2.73. The van der Waals surface area contributed by atoms with Gasteiger partial charge in [0.05, 0.1) is 4.90 Å². The maximum absolute atomic E-state index is 12.9. The van der Waals surface area contributed by atoms with Crippen molar-refractivity contribution in [2.24, 2.45) is 0 Å². The van der Waals surface area contributed by atoms with Crippen LogP contribution in [0, 0.1) is 6.92 Å². The molecule has 0 saturated carbocycles. The standard InChI is InChI=1S/C23H23ClN2O3S/c1-17-7-13-21(14-8-17)30(28,29)26-22(15-18-5-3-2-4-6-18)23(27)25-16-19-9-11-20(24)12-10-19/h2-14,22,26H,15-16H2,1H3,(H,25,27). The number of sulfonamides is 1. The van der Waals surface area contributed by atoms with Crippen LogP contribution in [0.1, 0.15) is 16.7 Å². The van der Waals surface area contributed by atoms with Crippen molar-refractivity contribution >= 4 is 27.5 Å². The van der Waals surface area contributed by atoms with Crippen LogP contribution in [0.3, 0.4) is 0 Å². The molecule has 1 unspecified atom stereocenters. The second kappa shape index (κ2) is 9.89. The largest absolute Gasteiger partial charge is 0.351 e. The zero-order chi connectivity index (χ0) is 21.6. The van der Waals surface area contributed by atoms with E-state index in [2.05, 4.69) is 10.0 Å². The second-order valence-corrected chi connectivity index (χ2v) is 9.17. The van der Waals surface area contributed by atoms with Crippen LogP contribution in [0.15, 0.2) is 83.8 Å². The van der Waals surface area contributed by atoms with Gasteiger partial charge in [-0.05, 0) is 48.7 Å². The molecule has 30 heavy (non-hydrogen) atoms. The Bertz CT molecular complexity index is 1080. The Hall–Kier alpha value is -2.67. The molecular formula is C23H23ClN2O3S. The van der Waals surface area contributed by atoms with E-state index in [0.717, 1.165) is 16.7 Å². The molecule has 0 aromatic heterocycles. The molecule has 5 nitrogen and oxygen atoms in total. The number of hydrogen-bond donors (Lipinski definition) is 2. The van der Waals surface area contributed by atoms with Crippen LogP contribution < -0.4 is 10.0 Å². The van der Waals surface area contributed by atoms with Gasteiger partial charge < -0.3 is 5.32 Å². The second-order valence-electron chi connectivity index (χ2n) is 7.02. The van der Waals surface area contributed by atoms with Gasteiger partial charge in [0.2, 0.25) is 15.9 Å². The van der Waals surface area contributed by atoms with Crippen molar-refractivity contribution in [3.63, 3.8) is 0 Å². The first-order valence-corrected chi connectivity index (χ1v) is 11.3. The minimum Gasteiger partial charge on any atom is -0.351 e. The summed E-state index contributed by atoms with van der Waals surface area (Å²) in [6, 6.07) is 22.0. The Morgan fingerprint density at radius 2 is 1.53 bits per heavy atom. The predicted molar refractivity (Wildman–Crippen MR) is 119 cm³/mol. The van der Waals surface area contributed by atoms with Crippen molar-refractivity contribution in [3.05, 3.63) is 101 Å². The van der Waals surface area contributed by atoms with E-state index in [4.69, 9.17) is 11.6 Å². The van der Waals surface area contributed by atoms with Gasteiger partial charge in [-0.1, -0.05) is 71.8 Å². The van der Waals surface area contributed by atoms with E-state index in [-0.39, 0.29) is 17.9 Å². The van der Waals surface area contributed by atoms with Gasteiger partial charge in [0, 0.05) is 11.6 Å². The van der Waals surface area contributed by atoms with E-state index in [1.54, 1.807) is 24.3 Å². The van der Waals surface area contributed by atoms with Gasteiger partial charge in [-0.3, -0.25) is 4.79 Å². The van der Waals surface area contributed by atoms with Gasteiger partial charge in [-0.15, -0.1) is 0 Å². The number of aryl methyl sites for hydroxylation is 1. The summed E-state index contributed by atoms with van der Waals surface area (Å²) in [6.07, 6.45) is 0.235. The summed E-state index contributed by atoms with van der Waals surface area (Å²) in [5, 5.41) is 3.42. The summed E-state index contributed by atoms with van der Waals surface area (Å²) in [7, 11) is -3.86. The molecule has 0 bridgehead atoms. The highest BCUT2D eigenvalue weighted by molar-refractivity contribution is 7.89. The van der Waals surface area contributed by atoms with E-state index in [1.165, 1.54) is 12.1 Å². The monoisotopic (exact) mass is 442 g/mol. The number of halogens is 1. The molecule has 0 radical (unpaired) electrons. The first-order chi connectivity index (χ1) is 14.3. The fraction of sp³-hybridized carbons (Fsp3) is 0.174. The number of rotatable bonds is 8. The third-order valence-electron chi connectivity index (χ3n) is 4.61. The summed E-state index contributed by atoms with van der Waals surface area (Å²) in [6.45, 7) is 2.15. The van der Waals surface area contributed by atoms with Gasteiger partial charge >= 0.3 is 0 Å². The molecule has 0 aliphatic rings. The third-order valence-corrected chi connectivity index (χ3v) is 6.35. The van der Waals surface area contributed by atoms with Crippen molar-refractivity contribution in [2.45, 2.75) is 30.8 Å². The maximum Gasteiger partial charge on any atom is 0.241 e. The lowest BCUT2D eigenvalue weighted by atomic mass is 10.1. The predicted octanol–water partition coefficient (Wildman–Crippen LogP) is 3.85. The van der Waals surface area contributed by atoms with E-state index in [1.807, 2.05) is 49.4 Å². The summed E-state index contributed by atoms with van der Waals surface area (Å²) in [5.41, 5.74) is 2.68. The topological polar surface area (TPSA) is 75.3 Å². The zero-order valence-electron chi connectivity index (χ0n) is 16.5. The Morgan fingerprint density at radius 1 is 0.900 bits per heavy atom. The highest BCUT2D eigenvalue weighted by Crippen LogP contribution is 2.13. The lowest BCUT2D eigenvalue weighted by Crippen LogP contribution is -2.47. The summed E-state index contributed by atoms with van der Waals surface area (Å²) in [5.74, 6) is -0.399. The highest BCUT2D eigenvalue weighted by atomic mass is 35.5. The van der Waals surface area contributed by atoms with E-state index < -0.39 is 22.0 Å². The van der Waals surface area contributed by atoms with Crippen molar-refractivity contribution in [2.75, 3.05) is 0 Å². The minimum atomic E-state index is -3.86. The normalized spacial score (nSPS) is 12.3. The molecule has 0 aliphatic carbocycles. The molecule has 156 valence electrons.